The maximum Gasteiger partial charge on any atom is 0.168 e. The molecule has 0 amide bonds. The minimum Gasteiger partial charge on any atom is -0.318 e. The SMILES string of the molecule is Br.CCC1=C(c2cccc3c(Cl)cccc23)N2CCN=C2S1. The fraction of sp³-hybridized carbons (Fsp3) is 0.235. The third-order valence-corrected chi connectivity index (χ3v) is 5.59. The summed E-state index contributed by atoms with van der Waals surface area (Å²) in [6.45, 7) is 4.09. The molecule has 0 saturated carbocycles. The lowest BCUT2D eigenvalue weighted by molar-refractivity contribution is 0.647. The van der Waals surface area contributed by atoms with E-state index in [2.05, 4.69) is 41.1 Å². The first-order valence-corrected chi connectivity index (χ1v) is 8.39. The molecule has 2 aliphatic heterocycles. The number of allylic oxidation sites excluding steroid dienone is 1. The molecule has 2 nitrogen and oxygen atoms in total. The van der Waals surface area contributed by atoms with Crippen molar-refractivity contribution in [1.82, 2.24) is 4.90 Å². The minimum atomic E-state index is 0. The van der Waals surface area contributed by atoms with Crippen LogP contribution in [0.15, 0.2) is 46.3 Å². The first kappa shape index (κ1) is 15.9. The van der Waals surface area contributed by atoms with Crippen molar-refractivity contribution in [3.63, 3.8) is 0 Å². The number of hydrogen-bond donors (Lipinski definition) is 0. The molecule has 2 aliphatic rings. The quantitative estimate of drug-likeness (QED) is 0.660. The van der Waals surface area contributed by atoms with Crippen LogP contribution < -0.4 is 0 Å². The number of aliphatic imine (C=N–C) groups is 1. The number of amidine groups is 1. The fourth-order valence-corrected chi connectivity index (χ4v) is 4.41. The van der Waals surface area contributed by atoms with Gasteiger partial charge in [0.2, 0.25) is 0 Å². The number of fused-ring (bicyclic) bond motifs is 2. The molecule has 0 fully saturated rings. The molecule has 5 heteroatoms. The molecule has 0 saturated heterocycles. The minimum absolute atomic E-state index is 0. The van der Waals surface area contributed by atoms with Crippen LogP contribution in [-0.4, -0.2) is 23.2 Å². The Bertz CT molecular complexity index is 800. The smallest absolute Gasteiger partial charge is 0.168 e. The van der Waals surface area contributed by atoms with Gasteiger partial charge in [-0.15, -0.1) is 17.0 Å². The summed E-state index contributed by atoms with van der Waals surface area (Å²) in [5.41, 5.74) is 2.60. The average molecular weight is 396 g/mol. The van der Waals surface area contributed by atoms with Gasteiger partial charge in [0.15, 0.2) is 5.17 Å². The van der Waals surface area contributed by atoms with Crippen molar-refractivity contribution >= 4 is 62.0 Å². The van der Waals surface area contributed by atoms with Crippen LogP contribution in [0.25, 0.3) is 16.5 Å². The van der Waals surface area contributed by atoms with E-state index in [1.165, 1.54) is 21.6 Å². The average Bonchev–Trinajstić information content (AvgIpc) is 3.07. The topological polar surface area (TPSA) is 15.6 Å². The number of nitrogens with zero attached hydrogens (tertiary/aromatic N) is 2. The van der Waals surface area contributed by atoms with Gasteiger partial charge in [-0.05, 0) is 17.9 Å². The van der Waals surface area contributed by atoms with Crippen LogP contribution in [0.1, 0.15) is 18.9 Å². The molecule has 0 unspecified atom stereocenters. The van der Waals surface area contributed by atoms with Crippen LogP contribution in [0.5, 0.6) is 0 Å². The molecule has 0 aromatic heterocycles. The van der Waals surface area contributed by atoms with E-state index >= 15 is 0 Å². The van der Waals surface area contributed by atoms with E-state index in [1.807, 2.05) is 23.9 Å². The van der Waals surface area contributed by atoms with E-state index in [0.717, 1.165) is 35.1 Å². The summed E-state index contributed by atoms with van der Waals surface area (Å²) in [6.07, 6.45) is 1.03. The third kappa shape index (κ3) is 2.38. The van der Waals surface area contributed by atoms with E-state index in [9.17, 15) is 0 Å². The Morgan fingerprint density at radius 2 is 1.95 bits per heavy atom. The lowest BCUT2D eigenvalue weighted by Crippen LogP contribution is -2.20. The maximum atomic E-state index is 6.36. The Balaban J connectivity index is 0.00000144. The van der Waals surface area contributed by atoms with Crippen LogP contribution in [0.2, 0.25) is 5.02 Å². The predicted octanol–water partition coefficient (Wildman–Crippen LogP) is 5.57. The highest BCUT2D eigenvalue weighted by Gasteiger charge is 2.32. The maximum absolute atomic E-state index is 6.36. The Morgan fingerprint density at radius 1 is 1.18 bits per heavy atom. The number of halogens is 2. The summed E-state index contributed by atoms with van der Waals surface area (Å²) in [7, 11) is 0. The highest BCUT2D eigenvalue weighted by Crippen LogP contribution is 2.45. The normalized spacial score (nSPS) is 16.8. The lowest BCUT2D eigenvalue weighted by atomic mass is 10.0. The van der Waals surface area contributed by atoms with Crippen LogP contribution in [0.3, 0.4) is 0 Å². The first-order chi connectivity index (χ1) is 10.3. The highest BCUT2D eigenvalue weighted by atomic mass is 79.9. The summed E-state index contributed by atoms with van der Waals surface area (Å²) in [5, 5.41) is 4.31. The van der Waals surface area contributed by atoms with E-state index < -0.39 is 0 Å². The number of hydrogen-bond acceptors (Lipinski definition) is 3. The zero-order chi connectivity index (χ0) is 14.4. The largest absolute Gasteiger partial charge is 0.318 e. The van der Waals surface area contributed by atoms with E-state index in [1.54, 1.807) is 0 Å². The zero-order valence-electron chi connectivity index (χ0n) is 12.2. The predicted molar refractivity (Wildman–Crippen MR) is 103 cm³/mol. The molecule has 0 N–H and O–H groups in total. The summed E-state index contributed by atoms with van der Waals surface area (Å²) < 4.78 is 0. The van der Waals surface area contributed by atoms with Gasteiger partial charge in [-0.25, -0.2) is 0 Å². The standard InChI is InChI=1S/C17H15ClN2S.BrH/c1-2-15-16(20-10-9-19-17(20)21-15)13-7-3-6-12-11(13)5-4-8-14(12)18;/h3-8H,2,9-10H2,1H3;1H. The third-order valence-electron chi connectivity index (χ3n) is 4.00. The van der Waals surface area contributed by atoms with Crippen LogP contribution in [0, 0.1) is 0 Å². The van der Waals surface area contributed by atoms with Gasteiger partial charge < -0.3 is 4.90 Å². The van der Waals surface area contributed by atoms with Crippen molar-refractivity contribution in [2.45, 2.75) is 13.3 Å². The summed E-state index contributed by atoms with van der Waals surface area (Å²) in [4.78, 5) is 8.37. The molecule has 0 aliphatic carbocycles. The van der Waals surface area contributed by atoms with Gasteiger partial charge in [0, 0.05) is 27.4 Å². The van der Waals surface area contributed by atoms with Gasteiger partial charge in [0.05, 0.1) is 12.2 Å². The summed E-state index contributed by atoms with van der Waals surface area (Å²) in [5.74, 6) is 0. The number of thioether (sulfide) groups is 1. The van der Waals surface area contributed by atoms with Crippen LogP contribution >= 0.6 is 40.3 Å². The lowest BCUT2D eigenvalue weighted by Gasteiger charge is -2.19. The monoisotopic (exact) mass is 394 g/mol. The fourth-order valence-electron chi connectivity index (χ4n) is 3.04. The molecule has 2 aromatic carbocycles. The van der Waals surface area contributed by atoms with Gasteiger partial charge in [0.1, 0.15) is 0 Å². The van der Waals surface area contributed by atoms with Crippen molar-refractivity contribution in [2.24, 2.45) is 4.99 Å². The molecule has 114 valence electrons. The van der Waals surface area contributed by atoms with Crippen LogP contribution in [-0.2, 0) is 0 Å². The number of rotatable bonds is 2. The second-order valence-electron chi connectivity index (χ2n) is 5.18. The van der Waals surface area contributed by atoms with Crippen molar-refractivity contribution in [3.05, 3.63) is 51.9 Å². The molecule has 0 atom stereocenters. The van der Waals surface area contributed by atoms with E-state index in [-0.39, 0.29) is 17.0 Å². The molecule has 0 spiro atoms. The molecule has 0 bridgehead atoms. The second-order valence-corrected chi connectivity index (χ2v) is 6.65. The van der Waals surface area contributed by atoms with E-state index in [4.69, 9.17) is 11.6 Å². The molecule has 2 heterocycles. The van der Waals surface area contributed by atoms with Gasteiger partial charge in [0.25, 0.3) is 0 Å². The zero-order valence-corrected chi connectivity index (χ0v) is 15.5. The first-order valence-electron chi connectivity index (χ1n) is 7.20. The second kappa shape index (κ2) is 6.26. The summed E-state index contributed by atoms with van der Waals surface area (Å²) in [6, 6.07) is 12.5. The Morgan fingerprint density at radius 3 is 2.77 bits per heavy atom. The van der Waals surface area contributed by atoms with E-state index in [0.29, 0.717) is 0 Å². The molecular weight excluding hydrogens is 380 g/mol. The molecule has 4 rings (SSSR count). The summed E-state index contributed by atoms with van der Waals surface area (Å²) >= 11 is 8.18. The van der Waals surface area contributed by atoms with Gasteiger partial charge in [-0.2, -0.15) is 0 Å². The van der Waals surface area contributed by atoms with Crippen molar-refractivity contribution in [3.8, 4) is 0 Å². The Hall–Kier alpha value is -0.970. The molecule has 0 radical (unpaired) electrons. The van der Waals surface area contributed by atoms with Crippen molar-refractivity contribution < 1.29 is 0 Å². The van der Waals surface area contributed by atoms with Crippen molar-refractivity contribution in [1.29, 1.82) is 0 Å². The van der Waals surface area contributed by atoms with Gasteiger partial charge in [-0.1, -0.05) is 60.6 Å². The Kier molecular flexibility index (Phi) is 4.53. The van der Waals surface area contributed by atoms with Gasteiger partial charge in [-0.3, -0.25) is 4.99 Å². The molecular formula is C17H16BrClN2S. The van der Waals surface area contributed by atoms with Crippen LogP contribution in [0.4, 0.5) is 0 Å². The highest BCUT2D eigenvalue weighted by molar-refractivity contribution is 8.93. The van der Waals surface area contributed by atoms with Gasteiger partial charge >= 0.3 is 0 Å². The molecule has 2 aromatic rings. The number of benzene rings is 2. The Labute approximate surface area is 150 Å². The molecule has 22 heavy (non-hydrogen) atoms. The van der Waals surface area contributed by atoms with Crippen molar-refractivity contribution in [2.75, 3.05) is 13.1 Å².